The van der Waals surface area contributed by atoms with E-state index in [-0.39, 0.29) is 11.5 Å². The van der Waals surface area contributed by atoms with Gasteiger partial charge in [-0.3, -0.25) is 0 Å². The summed E-state index contributed by atoms with van der Waals surface area (Å²) in [5.74, 6) is -2.64. The van der Waals surface area contributed by atoms with Crippen molar-refractivity contribution in [2.75, 3.05) is 0 Å². The molecule has 2 aromatic carbocycles. The van der Waals surface area contributed by atoms with Gasteiger partial charge in [-0.1, -0.05) is 6.07 Å². The highest BCUT2D eigenvalue weighted by atomic mass is 32.2. The number of rotatable bonds is 3. The number of ether oxygens (including phenoxy) is 1. The third kappa shape index (κ3) is 2.59. The molecule has 1 aliphatic rings. The smallest absolute Gasteiger partial charge is 0.368 e. The van der Waals surface area contributed by atoms with Gasteiger partial charge in [0, 0.05) is 23.8 Å². The Bertz CT molecular complexity index is 851. The Morgan fingerprint density at radius 1 is 0.920 bits per heavy atom. The molecule has 2 nitrogen and oxygen atoms in total. The number of benzene rings is 2. The molecule has 0 fully saturated rings. The molecule has 0 radical (unpaired) electrons. The van der Waals surface area contributed by atoms with Gasteiger partial charge in [-0.15, -0.1) is 0 Å². The van der Waals surface area contributed by atoms with Crippen molar-refractivity contribution in [2.24, 2.45) is 0 Å². The van der Waals surface area contributed by atoms with Gasteiger partial charge in [0.1, 0.15) is 33.9 Å². The third-order valence-electron chi connectivity index (χ3n) is 3.57. The lowest BCUT2D eigenvalue weighted by Crippen LogP contribution is -2.45. The first-order chi connectivity index (χ1) is 11.6. The van der Waals surface area contributed by atoms with Crippen LogP contribution in [0, 0.1) is 11.6 Å². The summed E-state index contributed by atoms with van der Waals surface area (Å²) in [5.41, 5.74) is -5.53. The summed E-state index contributed by atoms with van der Waals surface area (Å²) in [6, 6.07) is 4.24. The van der Waals surface area contributed by atoms with Gasteiger partial charge >= 0.3 is 5.25 Å². The average Bonchev–Trinajstić information content (AvgIpc) is 2.65. The average molecular weight is 384 g/mol. The molecule has 2 aromatic rings. The molecule has 25 heavy (non-hydrogen) atoms. The standard InChI is InChI=1S/C15H7F7O2S/c16-7-3-8(17)5-10(4-7)24-9-1-2-11-12(6-9)25(23)15(21,22)14(11,20)13(18)19/h1-6,13H. The van der Waals surface area contributed by atoms with Crippen molar-refractivity contribution in [3.05, 3.63) is 53.6 Å². The van der Waals surface area contributed by atoms with Crippen LogP contribution in [0.4, 0.5) is 30.7 Å². The zero-order valence-electron chi connectivity index (χ0n) is 11.9. The quantitative estimate of drug-likeness (QED) is 0.704. The topological polar surface area (TPSA) is 26.3 Å². The van der Waals surface area contributed by atoms with Gasteiger partial charge in [-0.25, -0.2) is 26.2 Å². The predicted octanol–water partition coefficient (Wildman–Crippen LogP) is 4.90. The molecule has 1 heterocycles. The van der Waals surface area contributed by atoms with Crippen LogP contribution in [0.3, 0.4) is 0 Å². The molecule has 0 aliphatic carbocycles. The fourth-order valence-electron chi connectivity index (χ4n) is 2.42. The zero-order chi connectivity index (χ0) is 18.6. The first-order valence-corrected chi connectivity index (χ1v) is 7.77. The Labute approximate surface area is 138 Å². The highest BCUT2D eigenvalue weighted by Crippen LogP contribution is 2.56. The molecule has 0 saturated carbocycles. The second kappa shape index (κ2) is 5.72. The SMILES string of the molecule is O=S1c2cc(Oc3cc(F)cc(F)c3)ccc2C(F)(C(F)F)C1(F)F. The minimum absolute atomic E-state index is 0.327. The maximum absolute atomic E-state index is 14.3. The molecule has 0 amide bonds. The summed E-state index contributed by atoms with van der Waals surface area (Å²) < 4.78 is 111. The molecule has 0 spiro atoms. The normalized spacial score (nSPS) is 24.4. The summed E-state index contributed by atoms with van der Waals surface area (Å²) in [5, 5.41) is -4.84. The number of hydrogen-bond donors (Lipinski definition) is 0. The van der Waals surface area contributed by atoms with Crippen molar-refractivity contribution < 1.29 is 39.7 Å². The summed E-state index contributed by atoms with van der Waals surface area (Å²) in [6.07, 6.45) is -4.11. The van der Waals surface area contributed by atoms with E-state index in [1.54, 1.807) is 0 Å². The Balaban J connectivity index is 2.04. The molecule has 0 bridgehead atoms. The second-order valence-corrected chi connectivity index (χ2v) is 6.65. The van der Waals surface area contributed by atoms with Crippen LogP contribution in [0.15, 0.2) is 41.3 Å². The summed E-state index contributed by atoms with van der Waals surface area (Å²) >= 11 is 0. The van der Waals surface area contributed by atoms with Gasteiger partial charge in [-0.05, 0) is 12.1 Å². The molecule has 0 saturated heterocycles. The number of halogens is 7. The molecule has 134 valence electrons. The van der Waals surface area contributed by atoms with Crippen LogP contribution in [-0.2, 0) is 16.5 Å². The minimum Gasteiger partial charge on any atom is -0.457 e. The Morgan fingerprint density at radius 3 is 2.08 bits per heavy atom. The molecule has 2 unspecified atom stereocenters. The third-order valence-corrected chi connectivity index (χ3v) is 5.07. The first kappa shape index (κ1) is 17.7. The van der Waals surface area contributed by atoms with E-state index in [1.165, 1.54) is 0 Å². The van der Waals surface area contributed by atoms with Crippen LogP contribution in [0.25, 0.3) is 0 Å². The van der Waals surface area contributed by atoms with Crippen molar-refractivity contribution in [1.29, 1.82) is 0 Å². The van der Waals surface area contributed by atoms with E-state index in [2.05, 4.69) is 0 Å². The first-order valence-electron chi connectivity index (χ1n) is 6.62. The fourth-order valence-corrected chi connectivity index (χ4v) is 3.80. The molecule has 10 heteroatoms. The maximum atomic E-state index is 14.3. The number of hydrogen-bond acceptors (Lipinski definition) is 2. The lowest BCUT2D eigenvalue weighted by atomic mass is 9.96. The van der Waals surface area contributed by atoms with Crippen LogP contribution in [-0.4, -0.2) is 15.9 Å². The van der Waals surface area contributed by atoms with E-state index in [0.29, 0.717) is 18.2 Å². The van der Waals surface area contributed by atoms with Gasteiger partial charge in [0.15, 0.2) is 0 Å². The Hall–Kier alpha value is -2.10. The maximum Gasteiger partial charge on any atom is 0.368 e. The molecule has 0 aromatic heterocycles. The molecule has 2 atom stereocenters. The van der Waals surface area contributed by atoms with Gasteiger partial charge in [-0.2, -0.15) is 8.78 Å². The number of alkyl halides is 5. The van der Waals surface area contributed by atoms with Gasteiger partial charge in [0.2, 0.25) is 0 Å². The summed E-state index contributed by atoms with van der Waals surface area (Å²) in [6.45, 7) is 0. The Morgan fingerprint density at radius 2 is 1.52 bits per heavy atom. The van der Waals surface area contributed by atoms with E-state index < -0.39 is 50.2 Å². The molecule has 1 aliphatic heterocycles. The van der Waals surface area contributed by atoms with E-state index >= 15 is 0 Å². The van der Waals surface area contributed by atoms with Crippen LogP contribution in [0.1, 0.15) is 5.56 Å². The van der Waals surface area contributed by atoms with Gasteiger partial charge < -0.3 is 4.74 Å². The predicted molar refractivity (Wildman–Crippen MR) is 73.0 cm³/mol. The number of fused-ring (bicyclic) bond motifs is 1. The van der Waals surface area contributed by atoms with E-state index in [1.807, 2.05) is 0 Å². The minimum atomic E-state index is -4.84. The Kier molecular flexibility index (Phi) is 4.05. The summed E-state index contributed by atoms with van der Waals surface area (Å²) in [4.78, 5) is -0.873. The lowest BCUT2D eigenvalue weighted by molar-refractivity contribution is -0.151. The largest absolute Gasteiger partial charge is 0.457 e. The highest BCUT2D eigenvalue weighted by Gasteiger charge is 2.72. The van der Waals surface area contributed by atoms with Crippen molar-refractivity contribution in [2.45, 2.75) is 22.2 Å². The van der Waals surface area contributed by atoms with E-state index in [9.17, 15) is 34.9 Å². The lowest BCUT2D eigenvalue weighted by Gasteiger charge is -2.25. The molecule has 0 N–H and O–H groups in total. The molecular weight excluding hydrogens is 377 g/mol. The van der Waals surface area contributed by atoms with Gasteiger partial charge in [0.25, 0.3) is 12.1 Å². The van der Waals surface area contributed by atoms with Crippen molar-refractivity contribution in [1.82, 2.24) is 0 Å². The van der Waals surface area contributed by atoms with Gasteiger partial charge in [0.05, 0.1) is 4.90 Å². The molecular formula is C15H7F7O2S. The highest BCUT2D eigenvalue weighted by molar-refractivity contribution is 7.86. The van der Waals surface area contributed by atoms with Crippen LogP contribution < -0.4 is 4.74 Å². The second-order valence-electron chi connectivity index (χ2n) is 5.16. The van der Waals surface area contributed by atoms with Crippen LogP contribution >= 0.6 is 0 Å². The zero-order valence-corrected chi connectivity index (χ0v) is 12.7. The van der Waals surface area contributed by atoms with Crippen LogP contribution in [0.2, 0.25) is 0 Å². The molecule has 3 rings (SSSR count). The van der Waals surface area contributed by atoms with Crippen molar-refractivity contribution in [3.8, 4) is 11.5 Å². The summed E-state index contributed by atoms with van der Waals surface area (Å²) in [7, 11) is -3.39. The monoisotopic (exact) mass is 384 g/mol. The van der Waals surface area contributed by atoms with Crippen LogP contribution in [0.5, 0.6) is 11.5 Å². The fraction of sp³-hybridized carbons (Fsp3) is 0.200. The van der Waals surface area contributed by atoms with Crippen molar-refractivity contribution >= 4 is 10.8 Å². The van der Waals surface area contributed by atoms with E-state index in [0.717, 1.165) is 18.2 Å². The van der Waals surface area contributed by atoms with E-state index in [4.69, 9.17) is 4.74 Å². The van der Waals surface area contributed by atoms with Crippen molar-refractivity contribution in [3.63, 3.8) is 0 Å².